The predicted octanol–water partition coefficient (Wildman–Crippen LogP) is -11.0. The molecule has 0 aliphatic carbocycles. The molecule has 3 unspecified atom stereocenters. The molecule has 0 spiro atoms. The smallest absolute Gasteiger partial charge is 0.747 e. The van der Waals surface area contributed by atoms with Crippen LogP contribution in [0.15, 0.2) is 0 Å². The van der Waals surface area contributed by atoms with Crippen molar-refractivity contribution >= 4 is 30.4 Å². The van der Waals surface area contributed by atoms with Crippen molar-refractivity contribution in [1.82, 2.24) is 4.90 Å². The summed E-state index contributed by atoms with van der Waals surface area (Å²) in [6.07, 6.45) is 0. The van der Waals surface area contributed by atoms with Crippen molar-refractivity contribution in [2.75, 3.05) is 0 Å². The Hall–Kier alpha value is 2.69. The Morgan fingerprint density at radius 3 is 0.818 bits per heavy atom. The van der Waals surface area contributed by atoms with Gasteiger partial charge >= 0.3 is 88.7 Å². The molecule has 0 fully saturated rings. The van der Waals surface area contributed by atoms with E-state index in [9.17, 15) is 38.9 Å². The fourth-order valence-corrected chi connectivity index (χ4v) is 3.56. The molecule has 0 N–H and O–H groups in total. The van der Waals surface area contributed by atoms with Gasteiger partial charge in [-0.2, -0.15) is 0 Å². The van der Waals surface area contributed by atoms with Gasteiger partial charge in [-0.3, -0.25) is 4.90 Å². The van der Waals surface area contributed by atoms with Gasteiger partial charge in [0.1, 0.15) is 30.4 Å². The van der Waals surface area contributed by atoms with Gasteiger partial charge in [-0.1, -0.05) is 0 Å². The van der Waals surface area contributed by atoms with E-state index in [1.54, 1.807) is 0 Å². The van der Waals surface area contributed by atoms with Crippen molar-refractivity contribution in [2.45, 2.75) is 36.9 Å². The first kappa shape index (κ1) is 32.4. The quantitative estimate of drug-likeness (QED) is 0.303. The number of hydrogen-bond donors (Lipinski definition) is 0. The average molecular weight is 407 g/mol. The van der Waals surface area contributed by atoms with Crippen LogP contribution in [-0.2, 0) is 30.4 Å². The second kappa shape index (κ2) is 11.4. The van der Waals surface area contributed by atoms with E-state index in [0.717, 1.165) is 0 Å². The average Bonchev–Trinajstić information content (AvgIpc) is 2.13. The molecule has 0 saturated heterocycles. The second-order valence-corrected chi connectivity index (χ2v) is 8.73. The zero-order valence-electron chi connectivity index (χ0n) is 13.1. The molecule has 0 heterocycles. The van der Waals surface area contributed by atoms with Crippen molar-refractivity contribution in [1.29, 1.82) is 0 Å². The molecular weight excluding hydrogens is 395 g/mol. The molecule has 0 aliphatic heterocycles. The number of hydrogen-bond acceptors (Lipinski definition) is 10. The molecule has 0 rings (SSSR count). The Bertz CT molecular complexity index is 541. The molecule has 0 radical (unpaired) electrons. The van der Waals surface area contributed by atoms with E-state index in [0.29, 0.717) is 20.8 Å². The molecule has 16 heteroatoms. The van der Waals surface area contributed by atoms with Crippen molar-refractivity contribution in [3.8, 4) is 0 Å². The molecule has 0 saturated carbocycles. The van der Waals surface area contributed by atoms with Crippen LogP contribution in [0.5, 0.6) is 0 Å². The summed E-state index contributed by atoms with van der Waals surface area (Å²) in [6, 6.07) is 0. The van der Waals surface area contributed by atoms with Gasteiger partial charge in [-0.05, 0) is 20.8 Å². The van der Waals surface area contributed by atoms with Crippen LogP contribution in [0.4, 0.5) is 0 Å². The molecule has 10 nitrogen and oxygen atoms in total. The van der Waals surface area contributed by atoms with Crippen LogP contribution in [-0.4, -0.2) is 59.9 Å². The maximum Gasteiger partial charge on any atom is 1.00 e. The minimum absolute atomic E-state index is 0. The third-order valence-corrected chi connectivity index (χ3v) is 5.75. The molecule has 0 bridgehead atoms. The molecule has 0 aliphatic rings. The molecule has 0 aromatic rings. The summed E-state index contributed by atoms with van der Waals surface area (Å²) >= 11 is 0. The third kappa shape index (κ3) is 9.99. The van der Waals surface area contributed by atoms with Gasteiger partial charge in [0.2, 0.25) is 0 Å². The molecular formula is C6H12NNa3O9S3. The van der Waals surface area contributed by atoms with E-state index in [2.05, 4.69) is 0 Å². The monoisotopic (exact) mass is 407 g/mol. The maximum absolute atomic E-state index is 10.8. The Morgan fingerprint density at radius 2 is 0.727 bits per heavy atom. The Kier molecular flexibility index (Phi) is 16.8. The van der Waals surface area contributed by atoms with Crippen molar-refractivity contribution in [3.05, 3.63) is 0 Å². The normalized spacial score (nSPS) is 16.5. The molecule has 0 aromatic carbocycles. The zero-order chi connectivity index (χ0) is 15.8. The fourth-order valence-electron chi connectivity index (χ4n) is 1.33. The zero-order valence-corrected chi connectivity index (χ0v) is 21.5. The Labute approximate surface area is 196 Å². The standard InChI is InChI=1S/C6H15NO9S3.3Na/c1-4(17(8,9)10)7(5(2)18(11,12)13)6(3)19(14,15)16;;;/h4-6H,1-3H3,(H,8,9,10)(H,11,12,13)(H,14,15,16);;;/q;3*+1/p-3. The Morgan fingerprint density at radius 1 is 0.591 bits per heavy atom. The van der Waals surface area contributed by atoms with Gasteiger partial charge in [0.25, 0.3) is 0 Å². The minimum Gasteiger partial charge on any atom is -0.747 e. The van der Waals surface area contributed by atoms with Crippen LogP contribution in [0.3, 0.4) is 0 Å². The first-order valence-electron chi connectivity index (χ1n) is 4.71. The summed E-state index contributed by atoms with van der Waals surface area (Å²) in [7, 11) is -15.4. The molecule has 22 heavy (non-hydrogen) atoms. The summed E-state index contributed by atoms with van der Waals surface area (Å²) in [4.78, 5) is 0.0486. The van der Waals surface area contributed by atoms with Crippen LogP contribution >= 0.6 is 0 Å². The minimum atomic E-state index is -5.14. The van der Waals surface area contributed by atoms with E-state index >= 15 is 0 Å². The van der Waals surface area contributed by atoms with Gasteiger partial charge in [0, 0.05) is 0 Å². The summed E-state index contributed by atoms with van der Waals surface area (Å²) in [6.45, 7) is 2.06. The van der Waals surface area contributed by atoms with E-state index in [1.807, 2.05) is 0 Å². The predicted molar refractivity (Wildman–Crippen MR) is 59.3 cm³/mol. The van der Waals surface area contributed by atoms with E-state index < -0.39 is 46.5 Å². The van der Waals surface area contributed by atoms with Crippen LogP contribution in [0, 0.1) is 0 Å². The number of rotatable bonds is 6. The van der Waals surface area contributed by atoms with Crippen LogP contribution < -0.4 is 88.7 Å². The van der Waals surface area contributed by atoms with Crippen LogP contribution in [0.25, 0.3) is 0 Å². The van der Waals surface area contributed by atoms with E-state index in [1.165, 1.54) is 0 Å². The van der Waals surface area contributed by atoms with Gasteiger partial charge in [0.15, 0.2) is 0 Å². The first-order chi connectivity index (χ1) is 8.10. The first-order valence-corrected chi connectivity index (χ1v) is 9.13. The third-order valence-electron chi connectivity index (χ3n) is 2.51. The topological polar surface area (TPSA) is 175 Å². The second-order valence-electron chi connectivity index (χ2n) is 3.72. The van der Waals surface area contributed by atoms with E-state index in [-0.39, 0.29) is 93.6 Å². The molecule has 116 valence electrons. The number of nitrogens with zero attached hydrogens (tertiary/aromatic N) is 1. The van der Waals surface area contributed by atoms with E-state index in [4.69, 9.17) is 0 Å². The largest absolute Gasteiger partial charge is 1.00 e. The maximum atomic E-state index is 10.8. The summed E-state index contributed by atoms with van der Waals surface area (Å²) in [5, 5.41) is -6.53. The molecule has 0 aromatic heterocycles. The summed E-state index contributed by atoms with van der Waals surface area (Å²) < 4.78 is 97.6. The fraction of sp³-hybridized carbons (Fsp3) is 1.00. The van der Waals surface area contributed by atoms with Crippen LogP contribution in [0.2, 0.25) is 0 Å². The van der Waals surface area contributed by atoms with Gasteiger partial charge in [-0.15, -0.1) is 0 Å². The van der Waals surface area contributed by atoms with Gasteiger partial charge < -0.3 is 13.7 Å². The summed E-state index contributed by atoms with van der Waals surface area (Å²) in [5.74, 6) is 0. The molecule has 3 atom stereocenters. The van der Waals surface area contributed by atoms with Crippen molar-refractivity contribution in [2.24, 2.45) is 0 Å². The van der Waals surface area contributed by atoms with Crippen LogP contribution in [0.1, 0.15) is 20.8 Å². The Balaban J connectivity index is -0.000000540. The summed E-state index contributed by atoms with van der Waals surface area (Å²) in [5.41, 5.74) is 0. The van der Waals surface area contributed by atoms with Crippen molar-refractivity contribution < 1.29 is 128 Å². The molecule has 0 amide bonds. The SMILES string of the molecule is CC(N(C(C)S(=O)(=O)[O-])C(C)S(=O)(=O)[O-])S(=O)(=O)[O-].[Na+].[Na+].[Na+]. The van der Waals surface area contributed by atoms with Crippen molar-refractivity contribution in [3.63, 3.8) is 0 Å². The van der Waals surface area contributed by atoms with Gasteiger partial charge in [-0.25, -0.2) is 25.3 Å². The van der Waals surface area contributed by atoms with Gasteiger partial charge in [0.05, 0.1) is 16.1 Å².